The molecule has 0 amide bonds. The summed E-state index contributed by atoms with van der Waals surface area (Å²) >= 11 is 0. The average Bonchev–Trinajstić information content (AvgIpc) is 2.41. The van der Waals surface area contributed by atoms with Crippen molar-refractivity contribution in [1.82, 2.24) is 0 Å². The summed E-state index contributed by atoms with van der Waals surface area (Å²) in [6.07, 6.45) is 1.11. The summed E-state index contributed by atoms with van der Waals surface area (Å²) in [4.78, 5) is 0. The molecule has 0 aliphatic carbocycles. The average molecular weight is 271 g/mol. The molecule has 1 N–H and O–H groups in total. The molecule has 0 heterocycles. The molecule has 20 heavy (non-hydrogen) atoms. The van der Waals surface area contributed by atoms with Crippen LogP contribution in [-0.4, -0.2) is 0 Å². The Bertz CT molecular complexity index is 528. The van der Waals surface area contributed by atoms with Gasteiger partial charge in [0.05, 0.1) is 0 Å². The van der Waals surface area contributed by atoms with Gasteiger partial charge in [-0.05, 0) is 54.7 Å². The van der Waals surface area contributed by atoms with Crippen LogP contribution in [-0.2, 0) is 6.42 Å². The first-order chi connectivity index (χ1) is 9.54. The van der Waals surface area contributed by atoms with Crippen LogP contribution in [0.1, 0.15) is 37.9 Å². The van der Waals surface area contributed by atoms with Crippen LogP contribution in [0.5, 0.6) is 0 Å². The highest BCUT2D eigenvalue weighted by Crippen LogP contribution is 2.20. The summed E-state index contributed by atoms with van der Waals surface area (Å²) in [6, 6.07) is 15.4. The Kier molecular flexibility index (Phi) is 4.78. The van der Waals surface area contributed by atoms with E-state index in [-0.39, 0.29) is 11.9 Å². The van der Waals surface area contributed by atoms with Gasteiger partial charge in [-0.15, -0.1) is 0 Å². The Labute approximate surface area is 120 Å². The zero-order chi connectivity index (χ0) is 14.5. The molecule has 0 radical (unpaired) electrons. The number of hydrogen-bond donors (Lipinski definition) is 1. The molecule has 1 atom stereocenters. The van der Waals surface area contributed by atoms with Gasteiger partial charge in [0.25, 0.3) is 0 Å². The maximum atomic E-state index is 12.9. The van der Waals surface area contributed by atoms with Gasteiger partial charge in [0.2, 0.25) is 0 Å². The molecule has 2 aromatic rings. The molecular weight excluding hydrogens is 249 g/mol. The van der Waals surface area contributed by atoms with Crippen molar-refractivity contribution in [2.75, 3.05) is 5.32 Å². The van der Waals surface area contributed by atoms with Crippen LogP contribution in [0.3, 0.4) is 0 Å². The molecule has 1 nitrogen and oxygen atoms in total. The standard InChI is InChI=1S/C18H22FN/c1-13(2)12-15-4-6-16(7-5-15)14(3)20-18-10-8-17(19)9-11-18/h4-11,13-14,20H,12H2,1-3H3. The van der Waals surface area contributed by atoms with Gasteiger partial charge in [0, 0.05) is 11.7 Å². The third-order valence-corrected chi connectivity index (χ3v) is 3.35. The van der Waals surface area contributed by atoms with Crippen LogP contribution >= 0.6 is 0 Å². The third-order valence-electron chi connectivity index (χ3n) is 3.35. The Hall–Kier alpha value is -1.83. The Morgan fingerprint density at radius 2 is 1.50 bits per heavy atom. The van der Waals surface area contributed by atoms with Crippen molar-refractivity contribution >= 4 is 5.69 Å². The monoisotopic (exact) mass is 271 g/mol. The lowest BCUT2D eigenvalue weighted by molar-refractivity contribution is 0.628. The van der Waals surface area contributed by atoms with E-state index in [4.69, 9.17) is 0 Å². The quantitative estimate of drug-likeness (QED) is 0.788. The van der Waals surface area contributed by atoms with Gasteiger partial charge < -0.3 is 5.32 Å². The maximum absolute atomic E-state index is 12.9. The van der Waals surface area contributed by atoms with Crippen LogP contribution < -0.4 is 5.32 Å². The lowest BCUT2D eigenvalue weighted by atomic mass is 10.00. The van der Waals surface area contributed by atoms with Crippen molar-refractivity contribution in [2.24, 2.45) is 5.92 Å². The summed E-state index contributed by atoms with van der Waals surface area (Å²) < 4.78 is 12.9. The zero-order valence-corrected chi connectivity index (χ0v) is 12.4. The van der Waals surface area contributed by atoms with Gasteiger partial charge in [0.15, 0.2) is 0 Å². The molecule has 0 spiro atoms. The van der Waals surface area contributed by atoms with E-state index in [2.05, 4.69) is 50.4 Å². The van der Waals surface area contributed by atoms with E-state index in [9.17, 15) is 4.39 Å². The van der Waals surface area contributed by atoms with Gasteiger partial charge in [-0.2, -0.15) is 0 Å². The van der Waals surface area contributed by atoms with Gasteiger partial charge >= 0.3 is 0 Å². The minimum atomic E-state index is -0.207. The van der Waals surface area contributed by atoms with Crippen molar-refractivity contribution < 1.29 is 4.39 Å². The summed E-state index contributed by atoms with van der Waals surface area (Å²) in [7, 11) is 0. The van der Waals surface area contributed by atoms with Crippen molar-refractivity contribution in [3.05, 3.63) is 65.5 Å². The Balaban J connectivity index is 2.01. The highest BCUT2D eigenvalue weighted by Gasteiger charge is 2.06. The number of hydrogen-bond acceptors (Lipinski definition) is 1. The Morgan fingerprint density at radius 3 is 2.05 bits per heavy atom. The smallest absolute Gasteiger partial charge is 0.123 e. The first-order valence-electron chi connectivity index (χ1n) is 7.15. The molecule has 0 bridgehead atoms. The van der Waals surface area contributed by atoms with E-state index in [1.165, 1.54) is 23.3 Å². The third kappa shape index (κ3) is 4.09. The number of nitrogens with one attached hydrogen (secondary N) is 1. The minimum Gasteiger partial charge on any atom is -0.379 e. The fourth-order valence-electron chi connectivity index (χ4n) is 2.29. The lowest BCUT2D eigenvalue weighted by Crippen LogP contribution is -2.06. The minimum absolute atomic E-state index is 0.202. The molecular formula is C18H22FN. The topological polar surface area (TPSA) is 12.0 Å². The van der Waals surface area contributed by atoms with E-state index < -0.39 is 0 Å². The molecule has 0 fully saturated rings. The second-order valence-corrected chi connectivity index (χ2v) is 5.71. The maximum Gasteiger partial charge on any atom is 0.123 e. The molecule has 0 aliphatic rings. The molecule has 2 aromatic carbocycles. The largest absolute Gasteiger partial charge is 0.379 e. The predicted octanol–water partition coefficient (Wildman–Crippen LogP) is 5.20. The van der Waals surface area contributed by atoms with Crippen molar-refractivity contribution in [2.45, 2.75) is 33.2 Å². The fourth-order valence-corrected chi connectivity index (χ4v) is 2.29. The SMILES string of the molecule is CC(C)Cc1ccc(C(C)Nc2ccc(F)cc2)cc1. The van der Waals surface area contributed by atoms with Crippen LogP contribution in [0.25, 0.3) is 0 Å². The molecule has 0 aliphatic heterocycles. The summed E-state index contributed by atoms with van der Waals surface area (Å²) in [5.74, 6) is 0.469. The van der Waals surface area contributed by atoms with Crippen molar-refractivity contribution in [1.29, 1.82) is 0 Å². The van der Waals surface area contributed by atoms with Crippen LogP contribution in [0, 0.1) is 11.7 Å². The van der Waals surface area contributed by atoms with Crippen LogP contribution in [0.2, 0.25) is 0 Å². The van der Waals surface area contributed by atoms with E-state index in [0.717, 1.165) is 12.1 Å². The predicted molar refractivity (Wildman–Crippen MR) is 83.4 cm³/mol. The molecule has 0 aromatic heterocycles. The summed E-state index contributed by atoms with van der Waals surface area (Å²) in [5, 5.41) is 3.38. The first-order valence-corrected chi connectivity index (χ1v) is 7.15. The van der Waals surface area contributed by atoms with Crippen LogP contribution in [0.15, 0.2) is 48.5 Å². The number of halogens is 1. The zero-order valence-electron chi connectivity index (χ0n) is 12.4. The second kappa shape index (κ2) is 6.56. The number of benzene rings is 2. The van der Waals surface area contributed by atoms with Gasteiger partial charge in [-0.3, -0.25) is 0 Å². The van der Waals surface area contributed by atoms with E-state index in [1.807, 2.05) is 0 Å². The highest BCUT2D eigenvalue weighted by molar-refractivity contribution is 5.45. The number of anilines is 1. The summed E-state index contributed by atoms with van der Waals surface area (Å²) in [5.41, 5.74) is 3.55. The van der Waals surface area contributed by atoms with Crippen molar-refractivity contribution in [3.8, 4) is 0 Å². The molecule has 1 unspecified atom stereocenters. The molecule has 2 heteroatoms. The molecule has 0 saturated carbocycles. The van der Waals surface area contributed by atoms with E-state index in [1.54, 1.807) is 12.1 Å². The van der Waals surface area contributed by atoms with Gasteiger partial charge in [-0.1, -0.05) is 38.1 Å². The van der Waals surface area contributed by atoms with E-state index in [0.29, 0.717) is 5.92 Å². The fraction of sp³-hybridized carbons (Fsp3) is 0.333. The van der Waals surface area contributed by atoms with Gasteiger partial charge in [0.1, 0.15) is 5.82 Å². The normalized spacial score (nSPS) is 12.4. The second-order valence-electron chi connectivity index (χ2n) is 5.71. The van der Waals surface area contributed by atoms with Crippen LogP contribution in [0.4, 0.5) is 10.1 Å². The number of rotatable bonds is 5. The Morgan fingerprint density at radius 1 is 0.900 bits per heavy atom. The van der Waals surface area contributed by atoms with E-state index >= 15 is 0 Å². The molecule has 106 valence electrons. The highest BCUT2D eigenvalue weighted by atomic mass is 19.1. The lowest BCUT2D eigenvalue weighted by Gasteiger charge is -2.16. The molecule has 0 saturated heterocycles. The first kappa shape index (κ1) is 14.6. The summed E-state index contributed by atoms with van der Waals surface area (Å²) in [6.45, 7) is 6.57. The van der Waals surface area contributed by atoms with Crippen molar-refractivity contribution in [3.63, 3.8) is 0 Å². The molecule has 2 rings (SSSR count). The van der Waals surface area contributed by atoms with Gasteiger partial charge in [-0.25, -0.2) is 4.39 Å².